The molecule has 1 fully saturated rings. The summed E-state index contributed by atoms with van der Waals surface area (Å²) in [7, 11) is 0. The molecule has 70 valence electrons. The Morgan fingerprint density at radius 2 is 1.92 bits per heavy atom. The van der Waals surface area contributed by atoms with E-state index in [1.807, 2.05) is 13.8 Å². The van der Waals surface area contributed by atoms with Crippen molar-refractivity contribution >= 4 is 0 Å². The lowest BCUT2D eigenvalue weighted by Gasteiger charge is -2.39. The molecule has 0 spiro atoms. The summed E-state index contributed by atoms with van der Waals surface area (Å²) in [4.78, 5) is 0. The molecule has 0 amide bonds. The molecule has 0 saturated heterocycles. The Labute approximate surface area is 76.8 Å². The molecule has 1 aliphatic carbocycles. The lowest BCUT2D eigenvalue weighted by Crippen LogP contribution is -2.32. The summed E-state index contributed by atoms with van der Waals surface area (Å²) < 4.78 is 0. The second-order valence-electron chi connectivity index (χ2n) is 3.74. The van der Waals surface area contributed by atoms with Gasteiger partial charge in [0.25, 0.3) is 0 Å². The van der Waals surface area contributed by atoms with Crippen molar-refractivity contribution in [3.05, 3.63) is 0 Å². The number of hydrogen-bond donors (Lipinski definition) is 0. The first-order valence-electron chi connectivity index (χ1n) is 5.11. The first-order chi connectivity index (χ1) is 5.70. The van der Waals surface area contributed by atoms with Crippen LogP contribution < -0.4 is 0 Å². The topological polar surface area (TPSA) is 23.8 Å². The highest BCUT2D eigenvalue weighted by atomic mass is 14.5. The summed E-state index contributed by atoms with van der Waals surface area (Å²) in [6, 6.07) is 2.37. The Hall–Kier alpha value is -0.510. The van der Waals surface area contributed by atoms with Gasteiger partial charge < -0.3 is 0 Å². The van der Waals surface area contributed by atoms with Crippen molar-refractivity contribution in [3.63, 3.8) is 0 Å². The van der Waals surface area contributed by atoms with Gasteiger partial charge in [0.1, 0.15) is 0 Å². The zero-order valence-electron chi connectivity index (χ0n) is 8.85. The lowest BCUT2D eigenvalue weighted by molar-refractivity contribution is 0.128. The molecule has 0 aromatic heterocycles. The van der Waals surface area contributed by atoms with Crippen LogP contribution >= 0.6 is 0 Å². The fourth-order valence-electron chi connectivity index (χ4n) is 1.92. The number of rotatable bonds is 2. The van der Waals surface area contributed by atoms with Gasteiger partial charge >= 0.3 is 0 Å². The molecule has 0 N–H and O–H groups in total. The van der Waals surface area contributed by atoms with Gasteiger partial charge in [-0.15, -0.1) is 0 Å². The van der Waals surface area contributed by atoms with Gasteiger partial charge in [-0.2, -0.15) is 5.26 Å². The highest BCUT2D eigenvalue weighted by Crippen LogP contribution is 2.46. The van der Waals surface area contributed by atoms with Crippen LogP contribution in [0.1, 0.15) is 53.4 Å². The highest BCUT2D eigenvalue weighted by molar-refractivity contribution is 5.04. The van der Waals surface area contributed by atoms with Gasteiger partial charge in [0.05, 0.1) is 11.5 Å². The maximum absolute atomic E-state index is 8.68. The Balaban J connectivity index is 0.000000561. The minimum atomic E-state index is 0.0415. The van der Waals surface area contributed by atoms with Gasteiger partial charge in [0.15, 0.2) is 0 Å². The van der Waals surface area contributed by atoms with Crippen molar-refractivity contribution in [2.75, 3.05) is 0 Å². The molecule has 0 atom stereocenters. The van der Waals surface area contributed by atoms with Gasteiger partial charge in [-0.25, -0.2) is 0 Å². The van der Waals surface area contributed by atoms with Gasteiger partial charge in [0.2, 0.25) is 0 Å². The van der Waals surface area contributed by atoms with E-state index in [-0.39, 0.29) is 5.41 Å². The van der Waals surface area contributed by atoms with Crippen LogP contribution in [0.25, 0.3) is 0 Å². The smallest absolute Gasteiger partial charge is 0.0687 e. The lowest BCUT2D eigenvalue weighted by atomic mass is 9.63. The first-order valence-corrected chi connectivity index (χ1v) is 5.11. The maximum atomic E-state index is 8.68. The molecule has 1 aliphatic rings. The van der Waals surface area contributed by atoms with E-state index in [4.69, 9.17) is 5.26 Å². The molecule has 0 aromatic carbocycles. The summed E-state index contributed by atoms with van der Waals surface area (Å²) >= 11 is 0. The third-order valence-corrected chi connectivity index (χ3v) is 2.45. The molecule has 0 heterocycles. The Kier molecular flexibility index (Phi) is 4.97. The third kappa shape index (κ3) is 2.85. The summed E-state index contributed by atoms with van der Waals surface area (Å²) in [6.07, 6.45) is 4.86. The van der Waals surface area contributed by atoms with Crippen molar-refractivity contribution in [3.8, 4) is 6.07 Å². The third-order valence-electron chi connectivity index (χ3n) is 2.45. The summed E-state index contributed by atoms with van der Waals surface area (Å²) in [5, 5.41) is 8.68. The van der Waals surface area contributed by atoms with E-state index < -0.39 is 0 Å². The molecule has 1 rings (SSSR count). The quantitative estimate of drug-likeness (QED) is 0.614. The molecular weight excluding hydrogens is 146 g/mol. The van der Waals surface area contributed by atoms with Crippen LogP contribution in [-0.4, -0.2) is 0 Å². The van der Waals surface area contributed by atoms with Crippen molar-refractivity contribution in [2.24, 2.45) is 11.3 Å². The predicted molar refractivity (Wildman–Crippen MR) is 52.7 cm³/mol. The average molecular weight is 167 g/mol. The summed E-state index contributed by atoms with van der Waals surface area (Å²) in [5.41, 5.74) is 0.0415. The van der Waals surface area contributed by atoms with Crippen molar-refractivity contribution in [1.82, 2.24) is 0 Å². The molecule has 1 heteroatoms. The van der Waals surface area contributed by atoms with Crippen LogP contribution in [0.2, 0.25) is 0 Å². The van der Waals surface area contributed by atoms with E-state index in [0.29, 0.717) is 0 Å². The molecule has 0 bridgehead atoms. The Morgan fingerprint density at radius 3 is 2.25 bits per heavy atom. The van der Waals surface area contributed by atoms with Gasteiger partial charge in [-0.05, 0) is 25.7 Å². The van der Waals surface area contributed by atoms with Crippen LogP contribution in [0, 0.1) is 22.7 Å². The van der Waals surface area contributed by atoms with Crippen molar-refractivity contribution in [2.45, 2.75) is 53.4 Å². The second-order valence-corrected chi connectivity index (χ2v) is 3.74. The maximum Gasteiger partial charge on any atom is 0.0687 e. The molecule has 0 radical (unpaired) electrons. The summed E-state index contributed by atoms with van der Waals surface area (Å²) in [6.45, 7) is 8.28. The SMILES string of the molecule is CC.CCCC1CC(C)(C#N)C1. The molecular formula is C11H21N. The van der Waals surface area contributed by atoms with Crippen molar-refractivity contribution < 1.29 is 0 Å². The van der Waals surface area contributed by atoms with E-state index in [0.717, 1.165) is 18.8 Å². The zero-order valence-corrected chi connectivity index (χ0v) is 8.85. The van der Waals surface area contributed by atoms with Crippen LogP contribution in [-0.2, 0) is 0 Å². The minimum absolute atomic E-state index is 0.0415. The molecule has 0 unspecified atom stereocenters. The normalized spacial score (nSPS) is 32.4. The van der Waals surface area contributed by atoms with E-state index >= 15 is 0 Å². The van der Waals surface area contributed by atoms with Gasteiger partial charge in [-0.1, -0.05) is 33.6 Å². The number of nitriles is 1. The molecule has 0 aromatic rings. The number of nitrogens with zero attached hydrogens (tertiary/aromatic N) is 1. The monoisotopic (exact) mass is 167 g/mol. The largest absolute Gasteiger partial charge is 0.198 e. The van der Waals surface area contributed by atoms with Crippen LogP contribution in [0.3, 0.4) is 0 Å². The van der Waals surface area contributed by atoms with E-state index in [1.54, 1.807) is 0 Å². The first kappa shape index (κ1) is 11.5. The molecule has 12 heavy (non-hydrogen) atoms. The standard InChI is InChI=1S/C9H15N.C2H6/c1-3-4-8-5-9(2,6-8)7-10;1-2/h8H,3-6H2,1-2H3;1-2H3. The summed E-state index contributed by atoms with van der Waals surface area (Å²) in [5.74, 6) is 0.856. The Morgan fingerprint density at radius 1 is 1.42 bits per heavy atom. The van der Waals surface area contributed by atoms with E-state index in [9.17, 15) is 0 Å². The van der Waals surface area contributed by atoms with E-state index in [1.165, 1.54) is 12.8 Å². The van der Waals surface area contributed by atoms with Gasteiger partial charge in [-0.3, -0.25) is 0 Å². The second kappa shape index (κ2) is 5.19. The van der Waals surface area contributed by atoms with Gasteiger partial charge in [0, 0.05) is 0 Å². The van der Waals surface area contributed by atoms with Crippen LogP contribution in [0.4, 0.5) is 0 Å². The molecule has 0 aliphatic heterocycles. The highest BCUT2D eigenvalue weighted by Gasteiger charge is 2.39. The molecule has 1 saturated carbocycles. The van der Waals surface area contributed by atoms with Crippen LogP contribution in [0.5, 0.6) is 0 Å². The van der Waals surface area contributed by atoms with Crippen molar-refractivity contribution in [1.29, 1.82) is 5.26 Å². The minimum Gasteiger partial charge on any atom is -0.198 e. The average Bonchev–Trinajstić information content (AvgIpc) is 2.06. The predicted octanol–water partition coefficient (Wildman–Crippen LogP) is 3.75. The van der Waals surface area contributed by atoms with E-state index in [2.05, 4.69) is 19.9 Å². The number of hydrogen-bond acceptors (Lipinski definition) is 1. The fourth-order valence-corrected chi connectivity index (χ4v) is 1.92. The zero-order chi connectivity index (χ0) is 9.61. The van der Waals surface area contributed by atoms with Crippen LogP contribution in [0.15, 0.2) is 0 Å². The Bertz CT molecular complexity index is 149. The molecule has 1 nitrogen and oxygen atoms in total. The fraction of sp³-hybridized carbons (Fsp3) is 0.909.